The van der Waals surface area contributed by atoms with Gasteiger partial charge in [0.25, 0.3) is 0 Å². The number of rotatable bonds is 8. The molecular formula is C32H32Cl2F6N2O2. The average Bonchev–Trinajstić information content (AvgIpc) is 3.43. The van der Waals surface area contributed by atoms with E-state index in [9.17, 15) is 31.4 Å². The van der Waals surface area contributed by atoms with Crippen LogP contribution in [0.5, 0.6) is 0 Å². The third-order valence-electron chi connectivity index (χ3n) is 8.62. The number of hydrogen-bond donors (Lipinski definition) is 2. The van der Waals surface area contributed by atoms with Gasteiger partial charge in [0.2, 0.25) is 0 Å². The van der Waals surface area contributed by atoms with Crippen molar-refractivity contribution >= 4 is 23.2 Å². The van der Waals surface area contributed by atoms with Crippen molar-refractivity contribution in [2.75, 3.05) is 19.6 Å². The van der Waals surface area contributed by atoms with E-state index in [2.05, 4.69) is 10.4 Å². The summed E-state index contributed by atoms with van der Waals surface area (Å²) in [6.45, 7) is 2.07. The molecule has 2 aliphatic heterocycles. The Balaban J connectivity index is 1.28. The first-order chi connectivity index (χ1) is 20.7. The highest BCUT2D eigenvalue weighted by Crippen LogP contribution is 2.39. The third kappa shape index (κ3) is 7.89. The van der Waals surface area contributed by atoms with Gasteiger partial charge in [-0.05, 0) is 79.3 Å². The average molecular weight is 662 g/mol. The van der Waals surface area contributed by atoms with Gasteiger partial charge in [0.1, 0.15) is 0 Å². The second-order valence-electron chi connectivity index (χ2n) is 11.6. The first-order valence-electron chi connectivity index (χ1n) is 14.4. The van der Waals surface area contributed by atoms with Gasteiger partial charge >= 0.3 is 12.4 Å². The maximum Gasteiger partial charge on any atom is 0.416 e. The molecular weight excluding hydrogens is 629 g/mol. The Morgan fingerprint density at radius 2 is 1.52 bits per heavy atom. The SMILES string of the molecule is OC1(c2ccccc2)CCN(CCC(c2ccc(Cl)c(Cl)c2)C2CC(Cc3cc(C(F)(F)F)cc(C(F)(F)F)c3)ON2)CC1. The fraction of sp³-hybridized carbons (Fsp3) is 0.438. The molecule has 3 atom stereocenters. The Labute approximate surface area is 261 Å². The lowest BCUT2D eigenvalue weighted by Gasteiger charge is -2.39. The zero-order valence-corrected chi connectivity index (χ0v) is 25.1. The van der Waals surface area contributed by atoms with Crippen LogP contribution in [-0.2, 0) is 29.2 Å². The Morgan fingerprint density at radius 1 is 0.886 bits per heavy atom. The first kappa shape index (κ1) is 33.0. The van der Waals surface area contributed by atoms with Crippen LogP contribution in [0.1, 0.15) is 59.4 Å². The molecule has 238 valence electrons. The number of nitrogens with one attached hydrogen (secondary N) is 1. The molecule has 0 radical (unpaired) electrons. The fourth-order valence-corrected chi connectivity index (χ4v) is 6.49. The Morgan fingerprint density at radius 3 is 2.11 bits per heavy atom. The van der Waals surface area contributed by atoms with Crippen LogP contribution < -0.4 is 5.48 Å². The van der Waals surface area contributed by atoms with Crippen molar-refractivity contribution in [3.05, 3.63) is 105 Å². The molecule has 2 saturated heterocycles. The highest BCUT2D eigenvalue weighted by Gasteiger charge is 2.39. The summed E-state index contributed by atoms with van der Waals surface area (Å²) in [6.07, 6.45) is -8.43. The Kier molecular flexibility index (Phi) is 9.90. The summed E-state index contributed by atoms with van der Waals surface area (Å²) in [5.74, 6) is -0.142. The minimum absolute atomic E-state index is 0.107. The summed E-state index contributed by atoms with van der Waals surface area (Å²) >= 11 is 12.5. The van der Waals surface area contributed by atoms with Crippen LogP contribution in [-0.4, -0.2) is 41.8 Å². The summed E-state index contributed by atoms with van der Waals surface area (Å²) in [5.41, 5.74) is 1.09. The molecule has 2 fully saturated rings. The predicted molar refractivity (Wildman–Crippen MR) is 156 cm³/mol. The molecule has 2 heterocycles. The number of piperidine rings is 1. The fourth-order valence-electron chi connectivity index (χ4n) is 6.18. The summed E-state index contributed by atoms with van der Waals surface area (Å²) < 4.78 is 80.3. The van der Waals surface area contributed by atoms with Gasteiger partial charge in [0, 0.05) is 31.5 Å². The van der Waals surface area contributed by atoms with E-state index in [0.29, 0.717) is 55.4 Å². The van der Waals surface area contributed by atoms with E-state index in [0.717, 1.165) is 23.3 Å². The van der Waals surface area contributed by atoms with Crippen LogP contribution in [0.2, 0.25) is 10.0 Å². The van der Waals surface area contributed by atoms with Crippen molar-refractivity contribution in [3.63, 3.8) is 0 Å². The summed E-state index contributed by atoms with van der Waals surface area (Å²) in [5, 5.41) is 12.0. The molecule has 0 saturated carbocycles. The lowest BCUT2D eigenvalue weighted by Crippen LogP contribution is -2.43. The molecule has 0 aromatic heterocycles. The topological polar surface area (TPSA) is 44.7 Å². The third-order valence-corrected chi connectivity index (χ3v) is 9.36. The monoisotopic (exact) mass is 660 g/mol. The second-order valence-corrected chi connectivity index (χ2v) is 12.4. The van der Waals surface area contributed by atoms with Crippen LogP contribution in [0.25, 0.3) is 0 Å². The summed E-state index contributed by atoms with van der Waals surface area (Å²) in [6, 6.07) is 16.3. The van der Waals surface area contributed by atoms with Gasteiger partial charge in [0.15, 0.2) is 0 Å². The highest BCUT2D eigenvalue weighted by molar-refractivity contribution is 6.42. The number of halogens is 8. The molecule has 0 bridgehead atoms. The normalized spacial score (nSPS) is 21.8. The molecule has 4 nitrogen and oxygen atoms in total. The van der Waals surface area contributed by atoms with Gasteiger partial charge in [-0.15, -0.1) is 0 Å². The maximum atomic E-state index is 13.4. The minimum atomic E-state index is -4.92. The molecule has 3 unspecified atom stereocenters. The van der Waals surface area contributed by atoms with Crippen molar-refractivity contribution in [1.29, 1.82) is 0 Å². The van der Waals surface area contributed by atoms with Gasteiger partial charge in [-0.2, -0.15) is 31.8 Å². The molecule has 0 aliphatic carbocycles. The van der Waals surface area contributed by atoms with Gasteiger partial charge in [-0.3, -0.25) is 4.84 Å². The molecule has 2 aliphatic rings. The van der Waals surface area contributed by atoms with Crippen LogP contribution in [0, 0.1) is 0 Å². The van der Waals surface area contributed by atoms with E-state index in [1.165, 1.54) is 0 Å². The molecule has 0 spiro atoms. The predicted octanol–water partition coefficient (Wildman–Crippen LogP) is 8.39. The number of nitrogens with zero attached hydrogens (tertiary/aromatic N) is 1. The summed E-state index contributed by atoms with van der Waals surface area (Å²) in [4.78, 5) is 8.00. The number of benzene rings is 3. The Bertz CT molecular complexity index is 1400. The molecule has 5 rings (SSSR count). The summed E-state index contributed by atoms with van der Waals surface area (Å²) in [7, 11) is 0. The van der Waals surface area contributed by atoms with Crippen molar-refractivity contribution < 1.29 is 36.3 Å². The highest BCUT2D eigenvalue weighted by atomic mass is 35.5. The van der Waals surface area contributed by atoms with Crippen molar-refractivity contribution in [2.45, 2.75) is 68.1 Å². The lowest BCUT2D eigenvalue weighted by atomic mass is 9.83. The van der Waals surface area contributed by atoms with Crippen molar-refractivity contribution in [2.24, 2.45) is 0 Å². The molecule has 3 aromatic rings. The quantitative estimate of drug-likeness (QED) is 0.238. The van der Waals surface area contributed by atoms with E-state index in [4.69, 9.17) is 28.0 Å². The van der Waals surface area contributed by atoms with Crippen LogP contribution in [0.15, 0.2) is 66.7 Å². The molecule has 2 N–H and O–H groups in total. The zero-order chi connectivity index (χ0) is 31.7. The second kappa shape index (κ2) is 13.2. The van der Waals surface area contributed by atoms with E-state index in [-0.39, 0.29) is 30.0 Å². The van der Waals surface area contributed by atoms with Gasteiger partial charge in [-0.1, -0.05) is 59.6 Å². The van der Waals surface area contributed by atoms with Gasteiger partial charge in [-0.25, -0.2) is 0 Å². The van der Waals surface area contributed by atoms with Crippen molar-refractivity contribution in [3.8, 4) is 0 Å². The van der Waals surface area contributed by atoms with Crippen LogP contribution in [0.4, 0.5) is 26.3 Å². The first-order valence-corrected chi connectivity index (χ1v) is 15.1. The lowest BCUT2D eigenvalue weighted by molar-refractivity contribution is -0.143. The molecule has 0 amide bonds. The van der Waals surface area contributed by atoms with E-state index in [1.54, 1.807) is 12.1 Å². The number of likely N-dealkylation sites (tertiary alicyclic amines) is 1. The van der Waals surface area contributed by atoms with Crippen LogP contribution in [0.3, 0.4) is 0 Å². The smallest absolute Gasteiger partial charge is 0.385 e. The van der Waals surface area contributed by atoms with Gasteiger partial charge < -0.3 is 10.0 Å². The maximum absolute atomic E-state index is 13.4. The number of alkyl halides is 6. The van der Waals surface area contributed by atoms with Gasteiger partial charge in [0.05, 0.1) is 32.9 Å². The Hall–Kier alpha value is -2.34. The van der Waals surface area contributed by atoms with E-state index >= 15 is 0 Å². The number of hydrogen-bond acceptors (Lipinski definition) is 4. The van der Waals surface area contributed by atoms with Crippen molar-refractivity contribution in [1.82, 2.24) is 10.4 Å². The van der Waals surface area contributed by atoms with E-state index < -0.39 is 35.2 Å². The van der Waals surface area contributed by atoms with E-state index in [1.807, 2.05) is 36.4 Å². The molecule has 3 aromatic carbocycles. The minimum Gasteiger partial charge on any atom is -0.385 e. The molecule has 44 heavy (non-hydrogen) atoms. The standard InChI is InChI=1S/C32H32Cl2F6N2O2/c33-27-7-6-21(17-28(27)34)26(8-11-42-12-9-30(43,10-13-42)22-4-2-1-3-5-22)29-19-25(44-41-29)16-20-14-23(31(35,36)37)18-24(15-20)32(38,39)40/h1-7,14-15,17-18,25-26,29,41,43H,8-13,16,19H2. The number of hydroxylamine groups is 1. The van der Waals surface area contributed by atoms with Crippen LogP contribution >= 0.6 is 23.2 Å². The largest absolute Gasteiger partial charge is 0.416 e. The molecule has 12 heteroatoms. The zero-order valence-electron chi connectivity index (χ0n) is 23.6. The number of aliphatic hydroxyl groups is 1.